The Morgan fingerprint density at radius 2 is 1.94 bits per heavy atom. The first kappa shape index (κ1) is 12.5. The number of H-pyrrole nitrogens is 1. The third-order valence-electron chi connectivity index (χ3n) is 2.78. The van der Waals surface area contributed by atoms with E-state index in [1.807, 2.05) is 31.9 Å². The highest BCUT2D eigenvalue weighted by atomic mass is 15.3. The molecule has 0 bridgehead atoms. The van der Waals surface area contributed by atoms with E-state index in [-0.39, 0.29) is 0 Å². The molecule has 2 aromatic heterocycles. The maximum Gasteiger partial charge on any atom is 0.155 e. The van der Waals surface area contributed by atoms with Gasteiger partial charge in [0.1, 0.15) is 11.6 Å². The predicted molar refractivity (Wildman–Crippen MR) is 72.2 cm³/mol. The molecule has 0 radical (unpaired) electrons. The molecule has 2 rings (SSSR count). The zero-order chi connectivity index (χ0) is 13.1. The van der Waals surface area contributed by atoms with Gasteiger partial charge in [0.15, 0.2) is 5.82 Å². The van der Waals surface area contributed by atoms with Crippen LogP contribution in [0.5, 0.6) is 0 Å². The van der Waals surface area contributed by atoms with Crippen LogP contribution in [0.1, 0.15) is 30.6 Å². The van der Waals surface area contributed by atoms with Crippen LogP contribution in [0.2, 0.25) is 0 Å². The number of aromatic nitrogens is 4. The largest absolute Gasteiger partial charge is 0.313 e. The van der Waals surface area contributed by atoms with Gasteiger partial charge in [0, 0.05) is 30.6 Å². The highest BCUT2D eigenvalue weighted by molar-refractivity contribution is 5.55. The first-order chi connectivity index (χ1) is 8.60. The molecule has 0 atom stereocenters. The summed E-state index contributed by atoms with van der Waals surface area (Å²) in [6.07, 6.45) is 2.12. The molecule has 0 spiro atoms. The molecule has 0 aromatic carbocycles. The summed E-state index contributed by atoms with van der Waals surface area (Å²) < 4.78 is 0. The molecular weight excluding hydrogens is 226 g/mol. The Morgan fingerprint density at radius 1 is 1.17 bits per heavy atom. The van der Waals surface area contributed by atoms with Crippen molar-refractivity contribution < 1.29 is 0 Å². The van der Waals surface area contributed by atoms with Crippen LogP contribution < -0.4 is 4.90 Å². The monoisotopic (exact) mass is 245 g/mol. The Hall–Kier alpha value is -1.91. The standard InChI is InChI=1S/C13H19N5/c1-5-6-11-8-13(17-16-11)18(4)12-7-9(2)14-10(3)15-12/h7-8H,5-6H2,1-4H3,(H,16,17). The van der Waals surface area contributed by atoms with Crippen LogP contribution in [0.25, 0.3) is 0 Å². The van der Waals surface area contributed by atoms with Crippen molar-refractivity contribution in [2.45, 2.75) is 33.6 Å². The lowest BCUT2D eigenvalue weighted by Gasteiger charge is -2.15. The molecule has 0 saturated heterocycles. The maximum absolute atomic E-state index is 4.43. The summed E-state index contributed by atoms with van der Waals surface area (Å²) in [7, 11) is 1.97. The third kappa shape index (κ3) is 2.67. The second-order valence-electron chi connectivity index (χ2n) is 4.48. The van der Waals surface area contributed by atoms with Gasteiger partial charge in [0.25, 0.3) is 0 Å². The fraction of sp³-hybridized carbons (Fsp3) is 0.462. The molecule has 0 aliphatic rings. The summed E-state index contributed by atoms with van der Waals surface area (Å²) in [6.45, 7) is 6.03. The summed E-state index contributed by atoms with van der Waals surface area (Å²) >= 11 is 0. The summed E-state index contributed by atoms with van der Waals surface area (Å²) in [6, 6.07) is 4.03. The van der Waals surface area contributed by atoms with E-state index < -0.39 is 0 Å². The van der Waals surface area contributed by atoms with E-state index in [1.165, 1.54) is 0 Å². The lowest BCUT2D eigenvalue weighted by Crippen LogP contribution is -2.13. The van der Waals surface area contributed by atoms with Crippen molar-refractivity contribution in [3.8, 4) is 0 Å². The fourth-order valence-electron chi connectivity index (χ4n) is 1.91. The quantitative estimate of drug-likeness (QED) is 0.899. The van der Waals surface area contributed by atoms with Crippen LogP contribution in [0, 0.1) is 13.8 Å². The van der Waals surface area contributed by atoms with Crippen molar-refractivity contribution in [3.05, 3.63) is 29.3 Å². The van der Waals surface area contributed by atoms with E-state index in [4.69, 9.17) is 0 Å². The van der Waals surface area contributed by atoms with Crippen LogP contribution in [0.4, 0.5) is 11.6 Å². The summed E-state index contributed by atoms with van der Waals surface area (Å²) in [5.41, 5.74) is 2.12. The number of aryl methyl sites for hydroxylation is 3. The van der Waals surface area contributed by atoms with E-state index >= 15 is 0 Å². The van der Waals surface area contributed by atoms with Gasteiger partial charge in [-0.2, -0.15) is 5.10 Å². The third-order valence-corrected chi connectivity index (χ3v) is 2.78. The molecular formula is C13H19N5. The average molecular weight is 245 g/mol. The van der Waals surface area contributed by atoms with Crippen molar-refractivity contribution in [2.24, 2.45) is 0 Å². The Bertz CT molecular complexity index is 512. The summed E-state index contributed by atoms with van der Waals surface area (Å²) in [4.78, 5) is 10.7. The van der Waals surface area contributed by atoms with Crippen molar-refractivity contribution in [3.63, 3.8) is 0 Å². The lowest BCUT2D eigenvalue weighted by atomic mass is 10.2. The van der Waals surface area contributed by atoms with Gasteiger partial charge in [-0.15, -0.1) is 0 Å². The van der Waals surface area contributed by atoms with Gasteiger partial charge in [0.05, 0.1) is 0 Å². The molecule has 0 amide bonds. The number of nitrogens with zero attached hydrogens (tertiary/aromatic N) is 4. The molecule has 0 aliphatic carbocycles. The average Bonchev–Trinajstić information content (AvgIpc) is 2.76. The Labute approximate surface area is 107 Å². The number of nitrogens with one attached hydrogen (secondary N) is 1. The van der Waals surface area contributed by atoms with Crippen LogP contribution >= 0.6 is 0 Å². The topological polar surface area (TPSA) is 57.7 Å². The van der Waals surface area contributed by atoms with Gasteiger partial charge in [-0.1, -0.05) is 13.3 Å². The predicted octanol–water partition coefficient (Wildman–Crippen LogP) is 2.54. The zero-order valence-corrected chi connectivity index (χ0v) is 11.4. The number of hydrogen-bond donors (Lipinski definition) is 1. The lowest BCUT2D eigenvalue weighted by molar-refractivity contribution is 0.865. The van der Waals surface area contributed by atoms with E-state index in [2.05, 4.69) is 33.2 Å². The first-order valence-corrected chi connectivity index (χ1v) is 6.20. The van der Waals surface area contributed by atoms with Crippen molar-refractivity contribution in [1.82, 2.24) is 20.2 Å². The number of rotatable bonds is 4. The molecule has 2 aromatic rings. The van der Waals surface area contributed by atoms with Gasteiger partial charge < -0.3 is 4.90 Å². The molecule has 5 heteroatoms. The molecule has 18 heavy (non-hydrogen) atoms. The second-order valence-corrected chi connectivity index (χ2v) is 4.48. The number of anilines is 2. The first-order valence-electron chi connectivity index (χ1n) is 6.20. The van der Waals surface area contributed by atoms with Crippen LogP contribution in [-0.4, -0.2) is 27.2 Å². The van der Waals surface area contributed by atoms with Gasteiger partial charge in [-0.3, -0.25) is 5.10 Å². The summed E-state index contributed by atoms with van der Waals surface area (Å²) in [5.74, 6) is 2.53. The van der Waals surface area contributed by atoms with E-state index in [0.717, 1.165) is 41.7 Å². The van der Waals surface area contributed by atoms with E-state index in [0.29, 0.717) is 0 Å². The molecule has 0 aliphatic heterocycles. The van der Waals surface area contributed by atoms with Crippen molar-refractivity contribution in [1.29, 1.82) is 0 Å². The second kappa shape index (κ2) is 5.16. The zero-order valence-electron chi connectivity index (χ0n) is 11.4. The number of aromatic amines is 1. The fourth-order valence-corrected chi connectivity index (χ4v) is 1.91. The number of hydrogen-bond acceptors (Lipinski definition) is 4. The van der Waals surface area contributed by atoms with Gasteiger partial charge in [-0.25, -0.2) is 9.97 Å². The minimum Gasteiger partial charge on any atom is -0.313 e. The van der Waals surface area contributed by atoms with Gasteiger partial charge >= 0.3 is 0 Å². The summed E-state index contributed by atoms with van der Waals surface area (Å²) in [5, 5.41) is 7.36. The van der Waals surface area contributed by atoms with Crippen LogP contribution in [0.15, 0.2) is 12.1 Å². The van der Waals surface area contributed by atoms with E-state index in [1.54, 1.807) is 0 Å². The molecule has 96 valence electrons. The SMILES string of the molecule is CCCc1cc(N(C)c2cc(C)nc(C)n2)n[nH]1. The van der Waals surface area contributed by atoms with Crippen molar-refractivity contribution >= 4 is 11.6 Å². The molecule has 2 heterocycles. The van der Waals surface area contributed by atoms with E-state index in [9.17, 15) is 0 Å². The molecule has 1 N–H and O–H groups in total. The van der Waals surface area contributed by atoms with Crippen LogP contribution in [0.3, 0.4) is 0 Å². The minimum atomic E-state index is 0.779. The van der Waals surface area contributed by atoms with Crippen LogP contribution in [-0.2, 0) is 6.42 Å². The maximum atomic E-state index is 4.43. The molecule has 0 fully saturated rings. The highest BCUT2D eigenvalue weighted by Gasteiger charge is 2.10. The smallest absolute Gasteiger partial charge is 0.155 e. The highest BCUT2D eigenvalue weighted by Crippen LogP contribution is 2.21. The molecule has 0 saturated carbocycles. The Morgan fingerprint density at radius 3 is 2.61 bits per heavy atom. The minimum absolute atomic E-state index is 0.779. The molecule has 0 unspecified atom stereocenters. The Balaban J connectivity index is 2.26. The molecule has 5 nitrogen and oxygen atoms in total. The van der Waals surface area contributed by atoms with Gasteiger partial charge in [-0.05, 0) is 20.3 Å². The Kier molecular flexibility index (Phi) is 3.60. The van der Waals surface area contributed by atoms with Gasteiger partial charge in [0.2, 0.25) is 0 Å². The van der Waals surface area contributed by atoms with Crippen molar-refractivity contribution in [2.75, 3.05) is 11.9 Å². The normalized spacial score (nSPS) is 10.7.